The Hall–Kier alpha value is -1.07. The van der Waals surface area contributed by atoms with E-state index in [1.54, 1.807) is 12.1 Å². The first kappa shape index (κ1) is 11.4. The molecule has 1 amide bonds. The van der Waals surface area contributed by atoms with Crippen LogP contribution in [-0.2, 0) is 0 Å². The molecule has 1 heterocycles. The minimum atomic E-state index is -0.403. The fourth-order valence-electron chi connectivity index (χ4n) is 1.69. The summed E-state index contributed by atoms with van der Waals surface area (Å²) in [7, 11) is 2.05. The van der Waals surface area contributed by atoms with E-state index in [0.717, 1.165) is 23.2 Å². The lowest BCUT2D eigenvalue weighted by molar-refractivity contribution is 0.100. The summed E-state index contributed by atoms with van der Waals surface area (Å²) in [5.74, 6) is -0.403. The molecular formula is C11H14BrN3O. The van der Waals surface area contributed by atoms with Gasteiger partial charge >= 0.3 is 0 Å². The molecule has 0 unspecified atom stereocenters. The number of anilines is 1. The minimum Gasteiger partial charge on any atom is -0.368 e. The first-order valence-corrected chi connectivity index (χ1v) is 5.92. The van der Waals surface area contributed by atoms with E-state index in [4.69, 9.17) is 5.73 Å². The normalized spacial score (nSPS) is 15.6. The number of hydrogen-bond acceptors (Lipinski definition) is 3. The van der Waals surface area contributed by atoms with Gasteiger partial charge in [-0.25, -0.2) is 0 Å². The number of nitrogens with zero attached hydrogens (tertiary/aromatic N) is 1. The summed E-state index contributed by atoms with van der Waals surface area (Å²) in [4.78, 5) is 13.2. The molecule has 0 spiro atoms. The van der Waals surface area contributed by atoms with E-state index < -0.39 is 5.91 Å². The molecule has 5 heteroatoms. The second-order valence-corrected chi connectivity index (χ2v) is 4.81. The van der Waals surface area contributed by atoms with Gasteiger partial charge in [0.15, 0.2) is 0 Å². The maximum absolute atomic E-state index is 11.0. The van der Waals surface area contributed by atoms with Crippen LogP contribution < -0.4 is 16.0 Å². The molecule has 2 rings (SSSR count). The molecular weight excluding hydrogens is 270 g/mol. The van der Waals surface area contributed by atoms with Crippen molar-refractivity contribution in [3.63, 3.8) is 0 Å². The van der Waals surface area contributed by atoms with Gasteiger partial charge in [0.1, 0.15) is 0 Å². The second kappa shape index (κ2) is 4.43. The Morgan fingerprint density at radius 1 is 1.56 bits per heavy atom. The summed E-state index contributed by atoms with van der Waals surface area (Å²) >= 11 is 3.47. The van der Waals surface area contributed by atoms with Crippen LogP contribution in [0.2, 0.25) is 0 Å². The molecule has 0 bridgehead atoms. The van der Waals surface area contributed by atoms with Crippen LogP contribution in [0.25, 0.3) is 0 Å². The molecule has 1 aliphatic heterocycles. The van der Waals surface area contributed by atoms with Crippen LogP contribution in [0.4, 0.5) is 5.69 Å². The number of nitrogens with one attached hydrogen (secondary N) is 1. The molecule has 16 heavy (non-hydrogen) atoms. The van der Waals surface area contributed by atoms with Gasteiger partial charge in [0.05, 0.1) is 11.7 Å². The number of halogens is 1. The highest BCUT2D eigenvalue weighted by Crippen LogP contribution is 2.28. The summed E-state index contributed by atoms with van der Waals surface area (Å²) in [5, 5.41) is 3.23. The minimum absolute atomic E-state index is 0.403. The van der Waals surface area contributed by atoms with Crippen molar-refractivity contribution in [2.45, 2.75) is 6.04 Å². The molecule has 4 nitrogen and oxygen atoms in total. The van der Waals surface area contributed by atoms with Crippen LogP contribution in [0.15, 0.2) is 22.7 Å². The Kier molecular flexibility index (Phi) is 3.16. The predicted molar refractivity (Wildman–Crippen MR) is 67.7 cm³/mol. The van der Waals surface area contributed by atoms with Gasteiger partial charge in [-0.3, -0.25) is 4.79 Å². The first-order valence-electron chi connectivity index (χ1n) is 5.12. The van der Waals surface area contributed by atoms with Gasteiger partial charge in [0.25, 0.3) is 0 Å². The predicted octanol–water partition coefficient (Wildman–Crippen LogP) is 0.956. The molecule has 1 aromatic rings. The maximum atomic E-state index is 11.0. The largest absolute Gasteiger partial charge is 0.368 e. The standard InChI is InChI=1S/C11H14BrN3O/c1-15(8-5-14-6-8)10-3-2-7(11(13)16)4-9(10)12/h2-4,8,14H,5-6H2,1H3,(H2,13,16). The van der Waals surface area contributed by atoms with Crippen LogP contribution in [0.5, 0.6) is 0 Å². The Morgan fingerprint density at radius 2 is 2.25 bits per heavy atom. The quantitative estimate of drug-likeness (QED) is 0.869. The van der Waals surface area contributed by atoms with E-state index in [1.165, 1.54) is 0 Å². The molecule has 1 saturated heterocycles. The Morgan fingerprint density at radius 3 is 2.69 bits per heavy atom. The molecule has 1 aromatic carbocycles. The number of rotatable bonds is 3. The zero-order valence-electron chi connectivity index (χ0n) is 9.03. The molecule has 0 saturated carbocycles. The lowest BCUT2D eigenvalue weighted by Crippen LogP contribution is -2.56. The van der Waals surface area contributed by atoms with Crippen LogP contribution in [-0.4, -0.2) is 32.1 Å². The van der Waals surface area contributed by atoms with Gasteiger partial charge in [0, 0.05) is 30.2 Å². The average Bonchev–Trinajstić information content (AvgIpc) is 2.14. The third-order valence-electron chi connectivity index (χ3n) is 2.92. The number of likely N-dealkylation sites (N-methyl/N-ethyl adjacent to an activating group) is 1. The van der Waals surface area contributed by atoms with Gasteiger partial charge in [-0.05, 0) is 34.1 Å². The molecule has 1 aliphatic rings. The maximum Gasteiger partial charge on any atom is 0.248 e. The van der Waals surface area contributed by atoms with Crippen LogP contribution in [0.3, 0.4) is 0 Å². The SMILES string of the molecule is CN(c1ccc(C(N)=O)cc1Br)C1CNC1. The van der Waals surface area contributed by atoms with Crippen molar-refractivity contribution in [3.8, 4) is 0 Å². The first-order chi connectivity index (χ1) is 7.59. The monoisotopic (exact) mass is 283 g/mol. The van der Waals surface area contributed by atoms with Crippen molar-refractivity contribution in [2.24, 2.45) is 5.73 Å². The van der Waals surface area contributed by atoms with Crippen molar-refractivity contribution in [1.82, 2.24) is 5.32 Å². The van der Waals surface area contributed by atoms with Gasteiger partial charge in [-0.2, -0.15) is 0 Å². The van der Waals surface area contributed by atoms with Crippen molar-refractivity contribution in [1.29, 1.82) is 0 Å². The van der Waals surface area contributed by atoms with E-state index >= 15 is 0 Å². The molecule has 1 fully saturated rings. The van der Waals surface area contributed by atoms with Crippen LogP contribution in [0, 0.1) is 0 Å². The average molecular weight is 284 g/mol. The smallest absolute Gasteiger partial charge is 0.248 e. The zero-order chi connectivity index (χ0) is 11.7. The number of hydrogen-bond donors (Lipinski definition) is 2. The van der Waals surface area contributed by atoms with Gasteiger partial charge in [0.2, 0.25) is 5.91 Å². The van der Waals surface area contributed by atoms with Gasteiger partial charge in [-0.15, -0.1) is 0 Å². The summed E-state index contributed by atoms with van der Waals surface area (Å²) in [6.45, 7) is 2.00. The van der Waals surface area contributed by atoms with Gasteiger partial charge < -0.3 is 16.0 Å². The fourth-order valence-corrected chi connectivity index (χ4v) is 2.35. The van der Waals surface area contributed by atoms with E-state index in [2.05, 4.69) is 33.2 Å². The summed E-state index contributed by atoms with van der Waals surface area (Å²) in [5.41, 5.74) is 6.83. The number of carbonyl (C=O) groups excluding carboxylic acids is 1. The van der Waals surface area contributed by atoms with E-state index in [-0.39, 0.29) is 0 Å². The highest BCUT2D eigenvalue weighted by atomic mass is 79.9. The summed E-state index contributed by atoms with van der Waals surface area (Å²) in [6, 6.07) is 5.96. The highest BCUT2D eigenvalue weighted by molar-refractivity contribution is 9.10. The molecule has 0 aliphatic carbocycles. The topological polar surface area (TPSA) is 58.4 Å². The Balaban J connectivity index is 2.24. The molecule has 0 atom stereocenters. The lowest BCUT2D eigenvalue weighted by atomic mass is 10.1. The third kappa shape index (κ3) is 2.05. The van der Waals surface area contributed by atoms with Crippen molar-refractivity contribution >= 4 is 27.5 Å². The van der Waals surface area contributed by atoms with Crippen molar-refractivity contribution < 1.29 is 4.79 Å². The number of benzene rings is 1. The summed E-state index contributed by atoms with van der Waals surface area (Å²) in [6.07, 6.45) is 0. The third-order valence-corrected chi connectivity index (χ3v) is 3.55. The summed E-state index contributed by atoms with van der Waals surface area (Å²) < 4.78 is 0.901. The Bertz CT molecular complexity index is 418. The Labute approximate surface area is 103 Å². The second-order valence-electron chi connectivity index (χ2n) is 3.95. The number of primary amides is 1. The lowest BCUT2D eigenvalue weighted by Gasteiger charge is -2.37. The number of amides is 1. The van der Waals surface area contributed by atoms with Crippen molar-refractivity contribution in [2.75, 3.05) is 25.0 Å². The van der Waals surface area contributed by atoms with Gasteiger partial charge in [-0.1, -0.05) is 0 Å². The van der Waals surface area contributed by atoms with E-state index in [0.29, 0.717) is 11.6 Å². The van der Waals surface area contributed by atoms with Crippen molar-refractivity contribution in [3.05, 3.63) is 28.2 Å². The molecule has 0 aromatic heterocycles. The van der Waals surface area contributed by atoms with Crippen LogP contribution in [0.1, 0.15) is 10.4 Å². The molecule has 86 valence electrons. The fraction of sp³-hybridized carbons (Fsp3) is 0.364. The zero-order valence-corrected chi connectivity index (χ0v) is 10.6. The number of carbonyl (C=O) groups is 1. The molecule has 0 radical (unpaired) electrons. The molecule has 3 N–H and O–H groups in total. The van der Waals surface area contributed by atoms with E-state index in [1.807, 2.05) is 6.07 Å². The van der Waals surface area contributed by atoms with Crippen LogP contribution >= 0.6 is 15.9 Å². The number of nitrogens with two attached hydrogens (primary N) is 1. The van der Waals surface area contributed by atoms with E-state index in [9.17, 15) is 4.79 Å². The highest BCUT2D eigenvalue weighted by Gasteiger charge is 2.23.